The van der Waals surface area contributed by atoms with Crippen LogP contribution in [0.2, 0.25) is 0 Å². The molecule has 1 heterocycles. The molecule has 2 N–H and O–H groups in total. The van der Waals surface area contributed by atoms with Gasteiger partial charge in [-0.2, -0.15) is 0 Å². The van der Waals surface area contributed by atoms with E-state index in [1.807, 2.05) is 26.0 Å². The standard InChI is InChI=1S/C17H24O6S/c1-4-9-20-16-14(19)15(13(18)11(3)21-16)23-17(24)22-12-7-5-10(2)6-8-12/h5-8,11,13-16,18-19H,4,9H2,1-3H3/t11-,13-,14+,15+,16-/m0/s1. The first kappa shape index (κ1) is 19.1. The Morgan fingerprint density at radius 3 is 2.50 bits per heavy atom. The van der Waals surface area contributed by atoms with Crippen LogP contribution in [-0.2, 0) is 14.2 Å². The summed E-state index contributed by atoms with van der Waals surface area (Å²) in [6, 6.07) is 7.29. The number of hydrogen-bond acceptors (Lipinski definition) is 7. The second-order valence-electron chi connectivity index (χ2n) is 5.81. The lowest BCUT2D eigenvalue weighted by Crippen LogP contribution is -2.59. The maximum absolute atomic E-state index is 10.3. The monoisotopic (exact) mass is 356 g/mol. The molecule has 0 unspecified atom stereocenters. The number of hydrogen-bond donors (Lipinski definition) is 2. The molecule has 7 heteroatoms. The van der Waals surface area contributed by atoms with Crippen molar-refractivity contribution in [3.63, 3.8) is 0 Å². The van der Waals surface area contributed by atoms with Gasteiger partial charge in [-0.3, -0.25) is 0 Å². The first-order valence-corrected chi connectivity index (χ1v) is 8.41. The van der Waals surface area contributed by atoms with Crippen LogP contribution < -0.4 is 4.74 Å². The molecule has 1 aliphatic rings. The number of benzene rings is 1. The van der Waals surface area contributed by atoms with E-state index in [9.17, 15) is 10.2 Å². The molecule has 0 aromatic heterocycles. The molecule has 0 bridgehead atoms. The summed E-state index contributed by atoms with van der Waals surface area (Å²) in [7, 11) is 0. The Kier molecular flexibility index (Phi) is 6.94. The highest BCUT2D eigenvalue weighted by Crippen LogP contribution is 2.25. The Morgan fingerprint density at radius 1 is 1.21 bits per heavy atom. The van der Waals surface area contributed by atoms with Gasteiger partial charge in [-0.1, -0.05) is 24.6 Å². The zero-order valence-electron chi connectivity index (χ0n) is 14.0. The van der Waals surface area contributed by atoms with Crippen LogP contribution >= 0.6 is 12.2 Å². The average molecular weight is 356 g/mol. The van der Waals surface area contributed by atoms with Crippen LogP contribution in [0, 0.1) is 6.92 Å². The fraction of sp³-hybridized carbons (Fsp3) is 0.588. The predicted octanol–water partition coefficient (Wildman–Crippen LogP) is 1.94. The first-order valence-electron chi connectivity index (χ1n) is 8.00. The minimum Gasteiger partial charge on any atom is -0.447 e. The van der Waals surface area contributed by atoms with E-state index in [-0.39, 0.29) is 5.24 Å². The third-order valence-corrected chi connectivity index (χ3v) is 3.90. The molecule has 6 nitrogen and oxygen atoms in total. The number of aliphatic hydroxyl groups excluding tert-OH is 2. The summed E-state index contributed by atoms with van der Waals surface area (Å²) in [6.45, 7) is 6.03. The number of thiocarbonyl (C=S) groups is 1. The topological polar surface area (TPSA) is 77.4 Å². The van der Waals surface area contributed by atoms with Crippen LogP contribution in [0.15, 0.2) is 24.3 Å². The molecule has 1 aromatic carbocycles. The van der Waals surface area contributed by atoms with E-state index in [2.05, 4.69) is 0 Å². The highest BCUT2D eigenvalue weighted by atomic mass is 32.1. The van der Waals surface area contributed by atoms with Crippen molar-refractivity contribution in [1.29, 1.82) is 0 Å². The zero-order chi connectivity index (χ0) is 17.7. The lowest BCUT2D eigenvalue weighted by atomic mass is 10.00. The van der Waals surface area contributed by atoms with Crippen molar-refractivity contribution in [2.24, 2.45) is 0 Å². The van der Waals surface area contributed by atoms with Crippen molar-refractivity contribution in [3.05, 3.63) is 29.8 Å². The molecular weight excluding hydrogens is 332 g/mol. The van der Waals surface area contributed by atoms with Gasteiger partial charge in [0.05, 0.1) is 6.10 Å². The number of aliphatic hydroxyl groups is 2. The highest BCUT2D eigenvalue weighted by molar-refractivity contribution is 7.79. The number of ether oxygens (including phenoxy) is 4. The van der Waals surface area contributed by atoms with Gasteiger partial charge in [0.15, 0.2) is 12.4 Å². The van der Waals surface area contributed by atoms with Crippen molar-refractivity contribution >= 4 is 17.5 Å². The maximum atomic E-state index is 10.3. The molecule has 134 valence electrons. The summed E-state index contributed by atoms with van der Waals surface area (Å²) in [5.74, 6) is 0.522. The summed E-state index contributed by atoms with van der Waals surface area (Å²) in [5.41, 5.74) is 1.09. The quantitative estimate of drug-likeness (QED) is 0.781. The van der Waals surface area contributed by atoms with Gasteiger partial charge in [-0.15, -0.1) is 0 Å². The number of rotatable bonds is 5. The smallest absolute Gasteiger partial charge is 0.358 e. The molecule has 1 aromatic rings. The van der Waals surface area contributed by atoms with Gasteiger partial charge in [0.2, 0.25) is 0 Å². The fourth-order valence-corrected chi connectivity index (χ4v) is 2.55. The van der Waals surface area contributed by atoms with Crippen molar-refractivity contribution < 1.29 is 29.2 Å². The molecule has 5 atom stereocenters. The van der Waals surface area contributed by atoms with E-state index in [1.165, 1.54) is 0 Å². The van der Waals surface area contributed by atoms with E-state index in [4.69, 9.17) is 31.2 Å². The molecule has 0 saturated carbocycles. The lowest BCUT2D eigenvalue weighted by Gasteiger charge is -2.40. The fourth-order valence-electron chi connectivity index (χ4n) is 2.35. The van der Waals surface area contributed by atoms with Gasteiger partial charge in [0, 0.05) is 18.8 Å². The summed E-state index contributed by atoms with van der Waals surface area (Å²) in [6.07, 6.45) is -3.89. The van der Waals surface area contributed by atoms with Crippen LogP contribution in [0.3, 0.4) is 0 Å². The predicted molar refractivity (Wildman–Crippen MR) is 91.9 cm³/mol. The molecule has 0 amide bonds. The van der Waals surface area contributed by atoms with Crippen LogP contribution in [0.5, 0.6) is 5.75 Å². The Bertz CT molecular complexity index is 534. The van der Waals surface area contributed by atoms with E-state index in [0.717, 1.165) is 12.0 Å². The maximum Gasteiger partial charge on any atom is 0.358 e. The molecule has 0 spiro atoms. The van der Waals surface area contributed by atoms with Gasteiger partial charge in [-0.25, -0.2) is 0 Å². The normalized spacial score (nSPS) is 30.0. The highest BCUT2D eigenvalue weighted by Gasteiger charge is 2.45. The summed E-state index contributed by atoms with van der Waals surface area (Å²) in [4.78, 5) is 0. The minimum absolute atomic E-state index is 0.176. The average Bonchev–Trinajstić information content (AvgIpc) is 2.56. The van der Waals surface area contributed by atoms with Crippen molar-refractivity contribution in [2.45, 2.75) is 57.9 Å². The van der Waals surface area contributed by atoms with Gasteiger partial charge in [0.25, 0.3) is 0 Å². The van der Waals surface area contributed by atoms with Crippen molar-refractivity contribution in [2.75, 3.05) is 6.61 Å². The summed E-state index contributed by atoms with van der Waals surface area (Å²) in [5, 5.41) is 20.4. The van der Waals surface area contributed by atoms with E-state index in [0.29, 0.717) is 12.4 Å². The lowest BCUT2D eigenvalue weighted by molar-refractivity contribution is -0.291. The second kappa shape index (κ2) is 8.73. The largest absolute Gasteiger partial charge is 0.447 e. The van der Waals surface area contributed by atoms with Crippen LogP contribution in [0.1, 0.15) is 25.8 Å². The Morgan fingerprint density at radius 2 is 1.88 bits per heavy atom. The third-order valence-electron chi connectivity index (χ3n) is 3.72. The van der Waals surface area contributed by atoms with E-state index in [1.54, 1.807) is 19.1 Å². The van der Waals surface area contributed by atoms with Gasteiger partial charge in [0.1, 0.15) is 18.0 Å². The van der Waals surface area contributed by atoms with Crippen LogP contribution in [-0.4, -0.2) is 52.8 Å². The van der Waals surface area contributed by atoms with Crippen LogP contribution in [0.4, 0.5) is 0 Å². The number of aryl methyl sites for hydroxylation is 1. The summed E-state index contributed by atoms with van der Waals surface area (Å²) < 4.78 is 21.8. The molecular formula is C17H24O6S. The Labute approximate surface area is 147 Å². The van der Waals surface area contributed by atoms with Crippen molar-refractivity contribution in [3.8, 4) is 5.75 Å². The molecule has 2 rings (SSSR count). The van der Waals surface area contributed by atoms with Crippen molar-refractivity contribution in [1.82, 2.24) is 0 Å². The Hall–Kier alpha value is -1.25. The van der Waals surface area contributed by atoms with Gasteiger partial charge in [-0.05, 0) is 32.4 Å². The SMILES string of the molecule is CCCO[C@H]1O[C@@H](C)[C@H](O)[C@@H](OC(=S)Oc2ccc(C)cc2)[C@H]1O. The summed E-state index contributed by atoms with van der Waals surface area (Å²) >= 11 is 5.07. The van der Waals surface area contributed by atoms with Crippen LogP contribution in [0.25, 0.3) is 0 Å². The molecule has 0 aliphatic carbocycles. The second-order valence-corrected chi connectivity index (χ2v) is 6.14. The van der Waals surface area contributed by atoms with Gasteiger partial charge < -0.3 is 29.2 Å². The Balaban J connectivity index is 1.99. The molecule has 1 aliphatic heterocycles. The van der Waals surface area contributed by atoms with Gasteiger partial charge >= 0.3 is 5.24 Å². The van der Waals surface area contributed by atoms with E-state index >= 15 is 0 Å². The third kappa shape index (κ3) is 4.87. The molecule has 24 heavy (non-hydrogen) atoms. The molecule has 0 radical (unpaired) electrons. The van der Waals surface area contributed by atoms with E-state index < -0.39 is 30.7 Å². The minimum atomic E-state index is -1.18. The zero-order valence-corrected chi connectivity index (χ0v) is 14.9. The molecule has 1 fully saturated rings. The first-order chi connectivity index (χ1) is 11.4. The molecule has 1 saturated heterocycles.